The van der Waals surface area contributed by atoms with E-state index in [1.807, 2.05) is 7.11 Å². The number of aliphatic hydroxyl groups excluding tert-OH is 2. The minimum Gasteiger partial charge on any atom is -0.390 e. The van der Waals surface area contributed by atoms with Crippen LogP contribution in [0.25, 0.3) is 0 Å². The molecule has 0 aromatic carbocycles. The van der Waals surface area contributed by atoms with Crippen LogP contribution in [0.15, 0.2) is 0 Å². The van der Waals surface area contributed by atoms with Gasteiger partial charge in [0, 0.05) is 18.4 Å². The van der Waals surface area contributed by atoms with Crippen molar-refractivity contribution in [3.63, 3.8) is 0 Å². The number of ether oxygens (including phenoxy) is 1. The number of hydrogen-bond acceptors (Lipinski definition) is 4. The first-order chi connectivity index (χ1) is 15.0. The average molecular weight is 447 g/mol. The number of fused-ring (bicyclic) bond motifs is 4. The Labute approximate surface area is 194 Å². The molecule has 0 aromatic heterocycles. The second-order valence-electron chi connectivity index (χ2n) is 13.3. The molecular formula is C28H46O4. The second kappa shape index (κ2) is 7.52. The topological polar surface area (TPSA) is 66.8 Å². The van der Waals surface area contributed by atoms with E-state index >= 15 is 0 Å². The molecule has 12 atom stereocenters. The molecule has 0 aliphatic heterocycles. The lowest BCUT2D eigenvalue weighted by Gasteiger charge is -2.61. The number of Topliss-reactive ketones (excluding diaryl/α,β-unsaturated/α-hetero) is 1. The zero-order chi connectivity index (χ0) is 23.2. The minimum absolute atomic E-state index is 0.0673. The molecule has 0 amide bonds. The van der Waals surface area contributed by atoms with Gasteiger partial charge in [-0.2, -0.15) is 0 Å². The van der Waals surface area contributed by atoms with Gasteiger partial charge in [-0.25, -0.2) is 0 Å². The highest BCUT2D eigenvalue weighted by Gasteiger charge is 2.77. The van der Waals surface area contributed by atoms with E-state index < -0.39 is 12.2 Å². The van der Waals surface area contributed by atoms with Crippen LogP contribution in [0.4, 0.5) is 0 Å². The summed E-state index contributed by atoms with van der Waals surface area (Å²) in [5.74, 6) is 2.90. The van der Waals surface area contributed by atoms with Crippen LogP contribution in [0, 0.1) is 57.7 Å². The molecule has 32 heavy (non-hydrogen) atoms. The summed E-state index contributed by atoms with van der Waals surface area (Å²) in [6, 6.07) is 0. The van der Waals surface area contributed by atoms with Crippen LogP contribution in [0.2, 0.25) is 0 Å². The first-order valence-corrected chi connectivity index (χ1v) is 13.5. The lowest BCUT2D eigenvalue weighted by Crippen LogP contribution is -2.57. The van der Waals surface area contributed by atoms with Crippen molar-refractivity contribution in [3.8, 4) is 0 Å². The summed E-state index contributed by atoms with van der Waals surface area (Å²) in [5, 5.41) is 21.6. The third-order valence-electron chi connectivity index (χ3n) is 12.3. The molecule has 0 bridgehead atoms. The van der Waals surface area contributed by atoms with Crippen molar-refractivity contribution in [3.05, 3.63) is 0 Å². The fraction of sp³-hybridized carbons (Fsp3) is 0.964. The number of carbonyl (C=O) groups excluding carboxylic acids is 1. The van der Waals surface area contributed by atoms with E-state index in [0.717, 1.165) is 18.3 Å². The predicted octanol–water partition coefficient (Wildman–Crippen LogP) is 4.85. The Balaban J connectivity index is 1.38. The maximum Gasteiger partial charge on any atom is 0.166 e. The van der Waals surface area contributed by atoms with Crippen molar-refractivity contribution in [2.75, 3.05) is 7.11 Å². The number of carbonyl (C=O) groups is 1. The van der Waals surface area contributed by atoms with Gasteiger partial charge < -0.3 is 14.9 Å². The molecule has 5 rings (SSSR count). The number of methoxy groups -OCH3 is 1. The SMILES string of the molecule is CO[C@@H]1C[C@H]2[C@@H]3CC[C@H]([C@H](C)[C@H](O)[C@@H](O)C(=O)C(C)C)[C@@]3(C)CC[C@@H]2[C@@]2(C)CC[C@@H]3C[C@]312. The highest BCUT2D eigenvalue weighted by atomic mass is 16.5. The van der Waals surface area contributed by atoms with Gasteiger partial charge >= 0.3 is 0 Å². The summed E-state index contributed by atoms with van der Waals surface area (Å²) in [6.45, 7) is 10.7. The van der Waals surface area contributed by atoms with E-state index in [0.29, 0.717) is 34.7 Å². The number of rotatable bonds is 6. The molecule has 0 radical (unpaired) electrons. The van der Waals surface area contributed by atoms with Crippen LogP contribution in [0.3, 0.4) is 0 Å². The average Bonchev–Trinajstić information content (AvgIpc) is 3.28. The second-order valence-corrected chi connectivity index (χ2v) is 13.3. The molecule has 0 saturated heterocycles. The number of ketones is 1. The Kier molecular flexibility index (Phi) is 5.48. The Morgan fingerprint density at radius 2 is 1.72 bits per heavy atom. The van der Waals surface area contributed by atoms with Crippen LogP contribution in [-0.2, 0) is 9.53 Å². The molecule has 0 aromatic rings. The summed E-state index contributed by atoms with van der Waals surface area (Å²) in [4.78, 5) is 12.4. The van der Waals surface area contributed by atoms with E-state index in [2.05, 4.69) is 20.8 Å². The highest BCUT2D eigenvalue weighted by molar-refractivity contribution is 5.85. The Morgan fingerprint density at radius 1 is 1.00 bits per heavy atom. The first-order valence-electron chi connectivity index (χ1n) is 13.5. The maximum atomic E-state index is 12.4. The maximum absolute atomic E-state index is 12.4. The molecule has 5 aliphatic rings. The van der Waals surface area contributed by atoms with E-state index in [-0.39, 0.29) is 23.0 Å². The van der Waals surface area contributed by atoms with Crippen molar-refractivity contribution < 1.29 is 19.7 Å². The smallest absolute Gasteiger partial charge is 0.166 e. The largest absolute Gasteiger partial charge is 0.390 e. The molecular weight excluding hydrogens is 400 g/mol. The van der Waals surface area contributed by atoms with Crippen LogP contribution in [0.5, 0.6) is 0 Å². The molecule has 5 fully saturated rings. The molecule has 5 saturated carbocycles. The summed E-state index contributed by atoms with van der Waals surface area (Å²) < 4.78 is 6.23. The van der Waals surface area contributed by atoms with Crippen molar-refractivity contribution in [1.29, 1.82) is 0 Å². The zero-order valence-electron chi connectivity index (χ0n) is 21.1. The van der Waals surface area contributed by atoms with E-state index in [9.17, 15) is 15.0 Å². The summed E-state index contributed by atoms with van der Waals surface area (Å²) in [7, 11) is 1.94. The Morgan fingerprint density at radius 3 is 2.34 bits per heavy atom. The molecule has 4 heteroatoms. The van der Waals surface area contributed by atoms with E-state index in [1.54, 1.807) is 13.8 Å². The molecule has 5 aliphatic carbocycles. The van der Waals surface area contributed by atoms with Crippen LogP contribution in [-0.4, -0.2) is 41.4 Å². The van der Waals surface area contributed by atoms with E-state index in [4.69, 9.17) is 4.74 Å². The van der Waals surface area contributed by atoms with Gasteiger partial charge in [0.15, 0.2) is 5.78 Å². The number of hydrogen-bond donors (Lipinski definition) is 2. The lowest BCUT2D eigenvalue weighted by molar-refractivity contribution is -0.165. The normalized spacial score (nSPS) is 51.9. The lowest BCUT2D eigenvalue weighted by atomic mass is 9.45. The van der Waals surface area contributed by atoms with Gasteiger partial charge in [-0.15, -0.1) is 0 Å². The molecule has 0 unspecified atom stereocenters. The van der Waals surface area contributed by atoms with Crippen LogP contribution in [0.1, 0.15) is 86.0 Å². The monoisotopic (exact) mass is 446 g/mol. The van der Waals surface area contributed by atoms with Gasteiger partial charge in [-0.1, -0.05) is 34.6 Å². The zero-order valence-corrected chi connectivity index (χ0v) is 21.1. The quantitative estimate of drug-likeness (QED) is 0.612. The van der Waals surface area contributed by atoms with Gasteiger partial charge in [0.05, 0.1) is 12.2 Å². The van der Waals surface area contributed by atoms with Crippen LogP contribution < -0.4 is 0 Å². The molecule has 2 N–H and O–H groups in total. The standard InChI is InChI=1S/C28H46O4/c1-15(2)23(29)25(31)24(30)16(3)19-7-8-20-18-13-22(32-6)28-14-17(28)9-12-27(28,5)21(18)10-11-26(19,20)4/h15-22,24-25,30-31H,7-14H2,1-6H3/t16-,17+,18-,19+,20-,21-,22+,24-,25-,26+,27+,28-/m0/s1. The number of aliphatic hydroxyl groups is 2. The Bertz CT molecular complexity index is 765. The predicted molar refractivity (Wildman–Crippen MR) is 125 cm³/mol. The molecule has 1 spiro atoms. The van der Waals surface area contributed by atoms with Crippen molar-refractivity contribution in [2.24, 2.45) is 57.7 Å². The minimum atomic E-state index is -1.26. The Hall–Kier alpha value is -0.450. The first kappa shape index (κ1) is 23.3. The van der Waals surface area contributed by atoms with Crippen molar-refractivity contribution >= 4 is 5.78 Å². The molecule has 0 heterocycles. The van der Waals surface area contributed by atoms with Gasteiger partial charge in [0.25, 0.3) is 0 Å². The van der Waals surface area contributed by atoms with Gasteiger partial charge in [0.1, 0.15) is 6.10 Å². The van der Waals surface area contributed by atoms with Gasteiger partial charge in [0.2, 0.25) is 0 Å². The van der Waals surface area contributed by atoms with E-state index in [1.165, 1.54) is 44.9 Å². The third kappa shape index (κ3) is 2.81. The van der Waals surface area contributed by atoms with Crippen molar-refractivity contribution in [1.82, 2.24) is 0 Å². The summed E-state index contributed by atoms with van der Waals surface area (Å²) in [5.41, 5.74) is 1.08. The van der Waals surface area contributed by atoms with Gasteiger partial charge in [-0.05, 0) is 97.7 Å². The third-order valence-corrected chi connectivity index (χ3v) is 12.3. The molecule has 4 nitrogen and oxygen atoms in total. The molecule has 182 valence electrons. The fourth-order valence-corrected chi connectivity index (χ4v) is 10.5. The highest BCUT2D eigenvalue weighted by Crippen LogP contribution is 2.82. The summed E-state index contributed by atoms with van der Waals surface area (Å²) >= 11 is 0. The summed E-state index contributed by atoms with van der Waals surface area (Å²) in [6.07, 6.45) is 8.41. The van der Waals surface area contributed by atoms with Crippen LogP contribution >= 0.6 is 0 Å². The fourth-order valence-electron chi connectivity index (χ4n) is 10.5. The van der Waals surface area contributed by atoms with Gasteiger partial charge in [-0.3, -0.25) is 4.79 Å². The van der Waals surface area contributed by atoms with Crippen molar-refractivity contribution in [2.45, 2.75) is 104 Å².